The summed E-state index contributed by atoms with van der Waals surface area (Å²) >= 11 is 3.28. The lowest BCUT2D eigenvalue weighted by Gasteiger charge is -2.22. The van der Waals surface area contributed by atoms with Crippen LogP contribution in [0.4, 0.5) is 0 Å². The Balaban J connectivity index is 2.19. The van der Waals surface area contributed by atoms with Crippen molar-refractivity contribution in [2.24, 2.45) is 5.92 Å². The van der Waals surface area contributed by atoms with Crippen LogP contribution >= 0.6 is 15.9 Å². The van der Waals surface area contributed by atoms with E-state index >= 15 is 0 Å². The second-order valence-corrected chi connectivity index (χ2v) is 5.76. The van der Waals surface area contributed by atoms with Crippen LogP contribution in [0.15, 0.2) is 53.1 Å². The molecule has 0 saturated carbocycles. The number of carbonyl (C=O) groups excluding carboxylic acids is 1. The maximum atomic E-state index is 12.3. The van der Waals surface area contributed by atoms with Gasteiger partial charge in [0.15, 0.2) is 0 Å². The third-order valence-corrected chi connectivity index (χ3v) is 3.50. The van der Waals surface area contributed by atoms with E-state index in [-0.39, 0.29) is 11.9 Å². The van der Waals surface area contributed by atoms with Crippen molar-refractivity contribution >= 4 is 21.8 Å². The second-order valence-electron chi connectivity index (χ2n) is 4.95. The molecule has 1 amide bonds. The first kappa shape index (κ1) is 14.7. The molecule has 2 rings (SSSR count). The van der Waals surface area contributed by atoms with E-state index in [1.54, 1.807) is 18.2 Å². The smallest absolute Gasteiger partial charge is 0.270 e. The number of benzene rings is 1. The Kier molecular flexibility index (Phi) is 4.90. The first-order chi connectivity index (χ1) is 9.58. The predicted octanol–water partition coefficient (Wildman–Crippen LogP) is 3.97. The number of hydrogen-bond donors (Lipinski definition) is 1. The number of amides is 1. The fourth-order valence-electron chi connectivity index (χ4n) is 2.05. The molecule has 3 nitrogen and oxygen atoms in total. The SMILES string of the molecule is CC(C)C(NC(=O)c1cccc(Br)n1)c1ccccc1. The minimum atomic E-state index is -0.158. The molecule has 0 fully saturated rings. The van der Waals surface area contributed by atoms with E-state index in [9.17, 15) is 4.79 Å². The molecule has 0 aliphatic carbocycles. The Bertz CT molecular complexity index is 584. The minimum absolute atomic E-state index is 0.0236. The van der Waals surface area contributed by atoms with E-state index in [0.717, 1.165) is 5.56 Å². The van der Waals surface area contributed by atoms with Crippen molar-refractivity contribution in [2.75, 3.05) is 0 Å². The number of carbonyl (C=O) groups is 1. The molecule has 0 bridgehead atoms. The van der Waals surface area contributed by atoms with Crippen LogP contribution in [0.3, 0.4) is 0 Å². The number of nitrogens with zero attached hydrogens (tertiary/aromatic N) is 1. The largest absolute Gasteiger partial charge is 0.344 e. The molecule has 1 heterocycles. The van der Waals surface area contributed by atoms with E-state index in [0.29, 0.717) is 16.2 Å². The highest BCUT2D eigenvalue weighted by molar-refractivity contribution is 9.10. The van der Waals surface area contributed by atoms with Crippen LogP contribution in [-0.4, -0.2) is 10.9 Å². The summed E-state index contributed by atoms with van der Waals surface area (Å²) < 4.78 is 0.658. The molecular formula is C16H17BrN2O. The molecule has 0 radical (unpaired) electrons. The van der Waals surface area contributed by atoms with Crippen molar-refractivity contribution in [1.29, 1.82) is 0 Å². The molecule has 1 atom stereocenters. The molecule has 20 heavy (non-hydrogen) atoms. The van der Waals surface area contributed by atoms with Crippen LogP contribution in [0.5, 0.6) is 0 Å². The van der Waals surface area contributed by atoms with Gasteiger partial charge in [-0.25, -0.2) is 4.98 Å². The van der Waals surface area contributed by atoms with E-state index in [1.165, 1.54) is 0 Å². The van der Waals surface area contributed by atoms with Crippen molar-refractivity contribution in [1.82, 2.24) is 10.3 Å². The number of hydrogen-bond acceptors (Lipinski definition) is 2. The van der Waals surface area contributed by atoms with Gasteiger partial charge in [-0.05, 0) is 39.5 Å². The molecule has 1 unspecified atom stereocenters. The standard InChI is InChI=1S/C16H17BrN2O/c1-11(2)15(12-7-4-3-5-8-12)19-16(20)13-9-6-10-14(17)18-13/h3-11,15H,1-2H3,(H,19,20). The van der Waals surface area contributed by atoms with Crippen LogP contribution in [0, 0.1) is 5.92 Å². The summed E-state index contributed by atoms with van der Waals surface area (Å²) in [7, 11) is 0. The van der Waals surface area contributed by atoms with Gasteiger partial charge in [-0.2, -0.15) is 0 Å². The topological polar surface area (TPSA) is 42.0 Å². The van der Waals surface area contributed by atoms with Gasteiger partial charge in [-0.15, -0.1) is 0 Å². The Morgan fingerprint density at radius 3 is 2.40 bits per heavy atom. The molecular weight excluding hydrogens is 316 g/mol. The van der Waals surface area contributed by atoms with Crippen molar-refractivity contribution in [3.63, 3.8) is 0 Å². The fourth-order valence-corrected chi connectivity index (χ4v) is 2.39. The first-order valence-electron chi connectivity index (χ1n) is 6.56. The summed E-state index contributed by atoms with van der Waals surface area (Å²) in [5, 5.41) is 3.05. The normalized spacial score (nSPS) is 12.2. The third-order valence-electron chi connectivity index (χ3n) is 3.06. The maximum Gasteiger partial charge on any atom is 0.270 e. The highest BCUT2D eigenvalue weighted by atomic mass is 79.9. The van der Waals surface area contributed by atoms with Crippen molar-refractivity contribution in [3.8, 4) is 0 Å². The zero-order chi connectivity index (χ0) is 14.5. The summed E-state index contributed by atoms with van der Waals surface area (Å²) in [6.45, 7) is 4.18. The molecule has 0 aliphatic heterocycles. The van der Waals surface area contributed by atoms with Crippen LogP contribution in [0.25, 0.3) is 0 Å². The van der Waals surface area contributed by atoms with Gasteiger partial charge < -0.3 is 5.32 Å². The zero-order valence-corrected chi connectivity index (χ0v) is 13.1. The Morgan fingerprint density at radius 1 is 1.10 bits per heavy atom. The molecule has 0 spiro atoms. The molecule has 104 valence electrons. The predicted molar refractivity (Wildman–Crippen MR) is 83.4 cm³/mol. The van der Waals surface area contributed by atoms with Gasteiger partial charge in [0.2, 0.25) is 0 Å². The molecule has 2 aromatic rings. The summed E-state index contributed by atoms with van der Waals surface area (Å²) in [5.41, 5.74) is 1.52. The maximum absolute atomic E-state index is 12.3. The number of halogens is 1. The summed E-state index contributed by atoms with van der Waals surface area (Å²) in [6.07, 6.45) is 0. The zero-order valence-electron chi connectivity index (χ0n) is 11.5. The lowest BCUT2D eigenvalue weighted by Crippen LogP contribution is -2.32. The van der Waals surface area contributed by atoms with Gasteiger partial charge in [0.25, 0.3) is 5.91 Å². The van der Waals surface area contributed by atoms with Gasteiger partial charge in [0.05, 0.1) is 6.04 Å². The molecule has 4 heteroatoms. The molecule has 0 saturated heterocycles. The van der Waals surface area contributed by atoms with E-state index in [1.807, 2.05) is 30.3 Å². The summed E-state index contributed by atoms with van der Waals surface area (Å²) in [4.78, 5) is 16.5. The first-order valence-corrected chi connectivity index (χ1v) is 7.35. The molecule has 1 N–H and O–H groups in total. The fraction of sp³-hybridized carbons (Fsp3) is 0.250. The van der Waals surface area contributed by atoms with Gasteiger partial charge in [-0.1, -0.05) is 50.2 Å². The number of rotatable bonds is 4. The van der Waals surface area contributed by atoms with Gasteiger partial charge >= 0.3 is 0 Å². The lowest BCUT2D eigenvalue weighted by molar-refractivity contribution is 0.0920. The molecule has 1 aromatic carbocycles. The lowest BCUT2D eigenvalue weighted by atomic mass is 9.96. The van der Waals surface area contributed by atoms with Crippen molar-refractivity contribution in [2.45, 2.75) is 19.9 Å². The summed E-state index contributed by atoms with van der Waals surface area (Å²) in [6, 6.07) is 15.3. The number of aromatic nitrogens is 1. The minimum Gasteiger partial charge on any atom is -0.344 e. The van der Waals surface area contributed by atoms with Gasteiger partial charge in [0, 0.05) is 0 Å². The average molecular weight is 333 g/mol. The highest BCUT2D eigenvalue weighted by Crippen LogP contribution is 2.21. The molecule has 0 aliphatic rings. The highest BCUT2D eigenvalue weighted by Gasteiger charge is 2.19. The van der Waals surface area contributed by atoms with E-state index < -0.39 is 0 Å². The van der Waals surface area contributed by atoms with E-state index in [4.69, 9.17) is 0 Å². The van der Waals surface area contributed by atoms with Gasteiger partial charge in [0.1, 0.15) is 10.3 Å². The monoisotopic (exact) mass is 332 g/mol. The van der Waals surface area contributed by atoms with Crippen molar-refractivity contribution in [3.05, 3.63) is 64.4 Å². The van der Waals surface area contributed by atoms with Crippen molar-refractivity contribution < 1.29 is 4.79 Å². The molecule has 1 aromatic heterocycles. The third kappa shape index (κ3) is 3.67. The Morgan fingerprint density at radius 2 is 1.80 bits per heavy atom. The Hall–Kier alpha value is -1.68. The Labute approximate surface area is 127 Å². The number of nitrogens with one attached hydrogen (secondary N) is 1. The number of pyridine rings is 1. The van der Waals surface area contributed by atoms with Crippen LogP contribution in [0.2, 0.25) is 0 Å². The average Bonchev–Trinajstić information content (AvgIpc) is 2.45. The van der Waals surface area contributed by atoms with Gasteiger partial charge in [-0.3, -0.25) is 4.79 Å². The van der Waals surface area contributed by atoms with Crippen LogP contribution in [-0.2, 0) is 0 Å². The van der Waals surface area contributed by atoms with Crippen LogP contribution < -0.4 is 5.32 Å². The summed E-state index contributed by atoms with van der Waals surface area (Å²) in [5.74, 6) is 0.141. The quantitative estimate of drug-likeness (QED) is 0.860. The van der Waals surface area contributed by atoms with E-state index in [2.05, 4.69) is 40.1 Å². The van der Waals surface area contributed by atoms with Crippen LogP contribution in [0.1, 0.15) is 35.9 Å². The second kappa shape index (κ2) is 6.66.